The van der Waals surface area contributed by atoms with E-state index >= 15 is 0 Å². The van der Waals surface area contributed by atoms with Crippen molar-refractivity contribution in [1.82, 2.24) is 14.8 Å². The number of rotatable bonds is 5. The number of hydrogen-bond donors (Lipinski definition) is 2. The summed E-state index contributed by atoms with van der Waals surface area (Å²) in [4.78, 5) is 63.1. The zero-order valence-electron chi connectivity index (χ0n) is 33.6. The van der Waals surface area contributed by atoms with E-state index in [9.17, 15) is 27.6 Å². The number of benzene rings is 3. The lowest BCUT2D eigenvalue weighted by Crippen LogP contribution is -2.44. The van der Waals surface area contributed by atoms with Gasteiger partial charge in [0.25, 0.3) is 0 Å². The first-order valence-corrected chi connectivity index (χ1v) is 20.4. The lowest BCUT2D eigenvalue weighted by molar-refractivity contribution is -0.131. The Hall–Kier alpha value is -5.70. The normalized spacial score (nSPS) is 16.9. The SMILES string of the molecule is CN1CCc2cccc(c2)C(Nc2ccc3c(N(C(=O)OC(C)(C)C)C(=O)OC(C)(C)C)nccc3c2)C(=O)N(C)Cc2cc(ccc2S(=O)(=O)C2CC2)NC1=O. The Balaban J connectivity index is 1.39. The highest BCUT2D eigenvalue weighted by atomic mass is 32.2. The van der Waals surface area contributed by atoms with Crippen LogP contribution in [0.25, 0.3) is 10.8 Å². The van der Waals surface area contributed by atoms with E-state index in [0.717, 1.165) is 10.5 Å². The van der Waals surface area contributed by atoms with Crippen molar-refractivity contribution in [2.24, 2.45) is 0 Å². The van der Waals surface area contributed by atoms with Crippen molar-refractivity contribution in [2.45, 2.75) is 94.7 Å². The van der Waals surface area contributed by atoms with Gasteiger partial charge in [0.1, 0.15) is 17.2 Å². The molecule has 6 rings (SSSR count). The number of fused-ring (bicyclic) bond motifs is 5. The van der Waals surface area contributed by atoms with Crippen LogP contribution < -0.4 is 15.5 Å². The van der Waals surface area contributed by atoms with Crippen molar-refractivity contribution >= 4 is 61.9 Å². The molecule has 2 N–H and O–H groups in total. The number of urea groups is 1. The van der Waals surface area contributed by atoms with Crippen LogP contribution in [0.15, 0.2) is 77.8 Å². The Morgan fingerprint density at radius 3 is 2.21 bits per heavy atom. The van der Waals surface area contributed by atoms with Gasteiger partial charge in [0, 0.05) is 50.1 Å². The van der Waals surface area contributed by atoms with Gasteiger partial charge in [0.15, 0.2) is 15.7 Å². The van der Waals surface area contributed by atoms with E-state index < -0.39 is 44.5 Å². The Kier molecular flexibility index (Phi) is 11.3. The average Bonchev–Trinajstić information content (AvgIpc) is 3.98. The lowest BCUT2D eigenvalue weighted by atomic mass is 10.00. The minimum Gasteiger partial charge on any atom is -0.443 e. The van der Waals surface area contributed by atoms with Gasteiger partial charge < -0.3 is 29.9 Å². The third kappa shape index (κ3) is 9.65. The van der Waals surface area contributed by atoms with Crippen LogP contribution in [0.4, 0.5) is 31.6 Å². The van der Waals surface area contributed by atoms with Crippen molar-refractivity contribution in [3.8, 4) is 0 Å². The molecule has 57 heavy (non-hydrogen) atoms. The zero-order chi connectivity index (χ0) is 41.4. The molecular weight excluding hydrogens is 749 g/mol. The molecule has 1 aromatic heterocycles. The highest BCUT2D eigenvalue weighted by Crippen LogP contribution is 2.37. The van der Waals surface area contributed by atoms with Crippen molar-refractivity contribution in [2.75, 3.05) is 36.2 Å². The Morgan fingerprint density at radius 2 is 1.56 bits per heavy atom. The number of hydrogen-bond acceptors (Lipinski definition) is 10. The highest BCUT2D eigenvalue weighted by Gasteiger charge is 2.39. The topological polar surface area (TPSA) is 168 Å². The maximum Gasteiger partial charge on any atom is 0.425 e. The quantitative estimate of drug-likeness (QED) is 0.204. The molecule has 1 atom stereocenters. The number of aromatic nitrogens is 1. The van der Waals surface area contributed by atoms with Crippen molar-refractivity contribution in [1.29, 1.82) is 0 Å². The molecule has 1 fully saturated rings. The molecule has 4 aromatic rings. The van der Waals surface area contributed by atoms with E-state index in [1.807, 2.05) is 24.3 Å². The van der Waals surface area contributed by atoms with Crippen molar-refractivity contribution < 1.29 is 37.1 Å². The van der Waals surface area contributed by atoms with E-state index in [2.05, 4.69) is 15.6 Å². The summed E-state index contributed by atoms with van der Waals surface area (Å²) in [5.41, 5.74) is 1.09. The van der Waals surface area contributed by atoms with Gasteiger partial charge in [-0.1, -0.05) is 24.3 Å². The van der Waals surface area contributed by atoms with Gasteiger partial charge in [-0.15, -0.1) is 0 Å². The summed E-state index contributed by atoms with van der Waals surface area (Å²) in [6.45, 7) is 10.5. The molecule has 3 aromatic carbocycles. The second-order valence-electron chi connectivity index (χ2n) is 16.6. The van der Waals surface area contributed by atoms with Crippen LogP contribution >= 0.6 is 0 Å². The molecular formula is C42H50N6O8S. The van der Waals surface area contributed by atoms with E-state index in [4.69, 9.17) is 9.47 Å². The van der Waals surface area contributed by atoms with E-state index in [1.54, 1.807) is 96.9 Å². The molecule has 1 saturated carbocycles. The minimum atomic E-state index is -3.65. The number of sulfone groups is 1. The summed E-state index contributed by atoms with van der Waals surface area (Å²) in [6, 6.07) is 17.9. The maximum absolute atomic E-state index is 14.6. The van der Waals surface area contributed by atoms with Crippen LogP contribution in [0.1, 0.15) is 77.1 Å². The number of anilines is 3. The van der Waals surface area contributed by atoms with E-state index in [1.165, 1.54) is 17.2 Å². The Bertz CT molecular complexity index is 2300. The monoisotopic (exact) mass is 798 g/mol. The number of likely N-dealkylation sites (N-methyl/N-ethyl adjacent to an activating group) is 2. The van der Waals surface area contributed by atoms with Gasteiger partial charge in [-0.05, 0) is 125 Å². The number of nitrogens with zero attached hydrogens (tertiary/aromatic N) is 4. The molecule has 1 unspecified atom stereocenters. The van der Waals surface area contributed by atoms with E-state index in [-0.39, 0.29) is 29.2 Å². The predicted molar refractivity (Wildman–Crippen MR) is 218 cm³/mol. The van der Waals surface area contributed by atoms with Crippen LogP contribution in [0.3, 0.4) is 0 Å². The van der Waals surface area contributed by atoms with Gasteiger partial charge in [0.05, 0.1) is 10.1 Å². The molecule has 0 radical (unpaired) electrons. The molecule has 0 saturated heterocycles. The van der Waals surface area contributed by atoms with Crippen molar-refractivity contribution in [3.05, 3.63) is 89.6 Å². The molecule has 302 valence electrons. The number of amides is 5. The number of ether oxygens (including phenoxy) is 2. The Labute approximate surface area is 333 Å². The summed E-state index contributed by atoms with van der Waals surface area (Å²) in [7, 11) is -0.346. The van der Waals surface area contributed by atoms with Gasteiger partial charge in [-0.3, -0.25) is 4.79 Å². The van der Waals surface area contributed by atoms with Crippen LogP contribution in [0.2, 0.25) is 0 Å². The molecule has 2 aliphatic rings. The zero-order valence-corrected chi connectivity index (χ0v) is 34.4. The number of nitrogens with one attached hydrogen (secondary N) is 2. The molecule has 1 aliphatic heterocycles. The van der Waals surface area contributed by atoms with Crippen LogP contribution in [0.5, 0.6) is 0 Å². The summed E-state index contributed by atoms with van der Waals surface area (Å²) in [5.74, 6) is -0.322. The first-order chi connectivity index (χ1) is 26.7. The minimum absolute atomic E-state index is 0.0112. The average molecular weight is 799 g/mol. The summed E-state index contributed by atoms with van der Waals surface area (Å²) >= 11 is 0. The molecule has 15 heteroatoms. The van der Waals surface area contributed by atoms with Gasteiger partial charge in [0.2, 0.25) is 5.91 Å². The number of imide groups is 1. The fourth-order valence-corrected chi connectivity index (χ4v) is 8.32. The largest absolute Gasteiger partial charge is 0.443 e. The van der Waals surface area contributed by atoms with Crippen LogP contribution in [0, 0.1) is 0 Å². The molecule has 14 nitrogen and oxygen atoms in total. The fourth-order valence-electron chi connectivity index (χ4n) is 6.46. The second kappa shape index (κ2) is 15.7. The third-order valence-electron chi connectivity index (χ3n) is 9.40. The van der Waals surface area contributed by atoms with E-state index in [0.29, 0.717) is 59.1 Å². The molecule has 2 heterocycles. The highest BCUT2D eigenvalue weighted by molar-refractivity contribution is 7.92. The Morgan fingerprint density at radius 1 is 0.877 bits per heavy atom. The summed E-state index contributed by atoms with van der Waals surface area (Å²) < 4.78 is 38.3. The first-order valence-electron chi connectivity index (χ1n) is 18.8. The third-order valence-corrected chi connectivity index (χ3v) is 11.8. The van der Waals surface area contributed by atoms with Gasteiger partial charge in [-0.2, -0.15) is 4.90 Å². The van der Waals surface area contributed by atoms with Crippen LogP contribution in [-0.2, 0) is 37.1 Å². The number of pyridine rings is 1. The predicted octanol–water partition coefficient (Wildman–Crippen LogP) is 7.68. The number of carbonyl (C=O) groups excluding carboxylic acids is 4. The lowest BCUT2D eigenvalue weighted by Gasteiger charge is -2.28. The smallest absolute Gasteiger partial charge is 0.425 e. The van der Waals surface area contributed by atoms with Gasteiger partial charge in [-0.25, -0.2) is 27.8 Å². The van der Waals surface area contributed by atoms with Crippen molar-refractivity contribution in [3.63, 3.8) is 0 Å². The van der Waals surface area contributed by atoms with Gasteiger partial charge >= 0.3 is 18.2 Å². The summed E-state index contributed by atoms with van der Waals surface area (Å²) in [5, 5.41) is 6.85. The molecule has 4 bridgehead atoms. The van der Waals surface area contributed by atoms with Crippen LogP contribution in [-0.4, -0.2) is 84.4 Å². The standard InChI is InChI=1S/C42H50N6O8S/c1-41(2,3)55-39(51)48(40(52)56-42(4,5)6)36-33-16-12-30(23-27(33)18-20-43-36)44-35-28-11-9-10-26(22-28)19-21-46(7)38(50)45-31-13-17-34(57(53,54)32-14-15-32)29(24-31)25-47(8)37(35)49/h9-13,16-18,20,22-24,32,35,44H,14-15,19,21,25H2,1-8H3,(H,45,50). The molecule has 0 spiro atoms. The number of carbonyl (C=O) groups is 4. The second-order valence-corrected chi connectivity index (χ2v) is 18.7. The molecule has 5 amide bonds. The maximum atomic E-state index is 14.6. The summed E-state index contributed by atoms with van der Waals surface area (Å²) in [6.07, 6.45) is 1.22. The molecule has 1 aliphatic carbocycles. The first kappa shape index (κ1) is 40.9. The fraction of sp³-hybridized carbons (Fsp3) is 0.405.